The summed E-state index contributed by atoms with van der Waals surface area (Å²) < 4.78 is 11.1. The number of benzene rings is 3. The average molecular weight is 415 g/mol. The Bertz CT molecular complexity index is 1250. The van der Waals surface area contributed by atoms with Crippen LogP contribution in [0.1, 0.15) is 10.4 Å². The van der Waals surface area contributed by atoms with E-state index in [1.54, 1.807) is 43.6 Å². The van der Waals surface area contributed by atoms with E-state index in [9.17, 15) is 14.9 Å². The molecule has 0 aliphatic carbocycles. The summed E-state index contributed by atoms with van der Waals surface area (Å²) in [5.41, 5.74) is 1.86. The van der Waals surface area contributed by atoms with Crippen LogP contribution >= 0.6 is 0 Å². The highest BCUT2D eigenvalue weighted by molar-refractivity contribution is 6.08. The lowest BCUT2D eigenvalue weighted by Crippen LogP contribution is -2.13. The molecule has 1 heterocycles. The van der Waals surface area contributed by atoms with Gasteiger partial charge in [-0.2, -0.15) is 0 Å². The van der Waals surface area contributed by atoms with Crippen molar-refractivity contribution >= 4 is 17.3 Å². The van der Waals surface area contributed by atoms with E-state index in [0.717, 1.165) is 11.3 Å². The van der Waals surface area contributed by atoms with E-state index in [-0.39, 0.29) is 11.6 Å². The molecule has 0 saturated heterocycles. The van der Waals surface area contributed by atoms with Crippen LogP contribution in [-0.2, 0) is 0 Å². The molecule has 0 atom stereocenters. The Morgan fingerprint density at radius 2 is 1.84 bits per heavy atom. The van der Waals surface area contributed by atoms with E-state index in [0.29, 0.717) is 22.6 Å². The van der Waals surface area contributed by atoms with E-state index in [1.807, 2.05) is 24.3 Å². The lowest BCUT2D eigenvalue weighted by Gasteiger charge is -2.08. The number of nitrogens with one attached hydrogen (secondary N) is 1. The Morgan fingerprint density at radius 1 is 1.06 bits per heavy atom. The van der Waals surface area contributed by atoms with Crippen LogP contribution in [0.15, 0.2) is 83.4 Å². The second-order valence-electron chi connectivity index (χ2n) is 6.57. The number of nitrogens with zero attached hydrogens (tertiary/aromatic N) is 2. The number of rotatable bonds is 6. The van der Waals surface area contributed by atoms with Crippen molar-refractivity contribution in [3.63, 3.8) is 0 Å². The van der Waals surface area contributed by atoms with Gasteiger partial charge < -0.3 is 14.5 Å². The number of oxazole rings is 1. The standard InChI is InChI=1S/C23H17N3O5/c1-30-18-11-9-15(10-12-18)21-14-24-23(31-21)20-8-3-2-7-19(20)22(27)25-16-5-4-6-17(13-16)26(28)29/h2-14H,1H3,(H,25,27). The third-order valence-corrected chi connectivity index (χ3v) is 4.60. The summed E-state index contributed by atoms with van der Waals surface area (Å²) in [6, 6.07) is 19.9. The smallest absolute Gasteiger partial charge is 0.271 e. The SMILES string of the molecule is COc1ccc(-c2cnc(-c3ccccc3C(=O)Nc3cccc([N+](=O)[O-])c3)o2)cc1. The summed E-state index contributed by atoms with van der Waals surface area (Å²) in [6.45, 7) is 0. The molecule has 1 N–H and O–H groups in total. The van der Waals surface area contributed by atoms with E-state index >= 15 is 0 Å². The molecular formula is C23H17N3O5. The van der Waals surface area contributed by atoms with Crippen LogP contribution in [0.25, 0.3) is 22.8 Å². The Kier molecular flexibility index (Phi) is 5.44. The predicted molar refractivity (Wildman–Crippen MR) is 115 cm³/mol. The van der Waals surface area contributed by atoms with Gasteiger partial charge in [-0.25, -0.2) is 4.98 Å². The number of aromatic nitrogens is 1. The molecule has 0 bridgehead atoms. The molecule has 154 valence electrons. The van der Waals surface area contributed by atoms with E-state index in [2.05, 4.69) is 10.3 Å². The number of carbonyl (C=O) groups excluding carboxylic acids is 1. The van der Waals surface area contributed by atoms with Crippen molar-refractivity contribution in [2.75, 3.05) is 12.4 Å². The van der Waals surface area contributed by atoms with E-state index < -0.39 is 10.8 Å². The highest BCUT2D eigenvalue weighted by Crippen LogP contribution is 2.29. The summed E-state index contributed by atoms with van der Waals surface area (Å²) in [5, 5.41) is 13.7. The van der Waals surface area contributed by atoms with Gasteiger partial charge in [0.2, 0.25) is 5.89 Å². The number of non-ortho nitro benzene ring substituents is 1. The maximum absolute atomic E-state index is 12.9. The molecule has 0 aliphatic heterocycles. The molecule has 0 saturated carbocycles. The zero-order valence-corrected chi connectivity index (χ0v) is 16.4. The van der Waals surface area contributed by atoms with Crippen molar-refractivity contribution in [3.8, 4) is 28.5 Å². The number of nitro benzene ring substituents is 1. The van der Waals surface area contributed by atoms with Crippen LogP contribution in [0, 0.1) is 10.1 Å². The maximum atomic E-state index is 12.9. The van der Waals surface area contributed by atoms with Gasteiger partial charge in [-0.3, -0.25) is 14.9 Å². The molecule has 31 heavy (non-hydrogen) atoms. The van der Waals surface area contributed by atoms with Crippen LogP contribution < -0.4 is 10.1 Å². The minimum absolute atomic E-state index is 0.108. The van der Waals surface area contributed by atoms with Crippen molar-refractivity contribution in [1.82, 2.24) is 4.98 Å². The van der Waals surface area contributed by atoms with Crippen LogP contribution in [0.2, 0.25) is 0 Å². The fourth-order valence-corrected chi connectivity index (χ4v) is 3.05. The monoisotopic (exact) mass is 415 g/mol. The summed E-state index contributed by atoms with van der Waals surface area (Å²) in [5.74, 6) is 1.13. The van der Waals surface area contributed by atoms with Crippen molar-refractivity contribution in [2.45, 2.75) is 0 Å². The van der Waals surface area contributed by atoms with Gasteiger partial charge in [0.05, 0.1) is 23.8 Å². The first kappa shape index (κ1) is 19.8. The van der Waals surface area contributed by atoms with Crippen LogP contribution in [0.4, 0.5) is 11.4 Å². The number of ether oxygens (including phenoxy) is 1. The lowest BCUT2D eigenvalue weighted by atomic mass is 10.1. The van der Waals surface area contributed by atoms with Gasteiger partial charge in [0.15, 0.2) is 5.76 Å². The molecular weight excluding hydrogens is 398 g/mol. The zero-order chi connectivity index (χ0) is 21.8. The first-order valence-corrected chi connectivity index (χ1v) is 9.30. The van der Waals surface area contributed by atoms with Gasteiger partial charge in [0.25, 0.3) is 11.6 Å². The molecule has 8 nitrogen and oxygen atoms in total. The summed E-state index contributed by atoms with van der Waals surface area (Å²) in [6.07, 6.45) is 1.59. The van der Waals surface area contributed by atoms with Crippen molar-refractivity contribution in [3.05, 3.63) is 94.7 Å². The maximum Gasteiger partial charge on any atom is 0.271 e. The summed E-state index contributed by atoms with van der Waals surface area (Å²) in [7, 11) is 1.59. The second kappa shape index (κ2) is 8.50. The Hall–Kier alpha value is -4.46. The quantitative estimate of drug-likeness (QED) is 0.343. The fraction of sp³-hybridized carbons (Fsp3) is 0.0435. The van der Waals surface area contributed by atoms with Crippen molar-refractivity contribution in [2.24, 2.45) is 0 Å². The largest absolute Gasteiger partial charge is 0.497 e. The number of amides is 1. The van der Waals surface area contributed by atoms with Crippen molar-refractivity contribution < 1.29 is 18.9 Å². The number of hydrogen-bond acceptors (Lipinski definition) is 6. The molecule has 8 heteroatoms. The van der Waals surface area contributed by atoms with Gasteiger partial charge in [0, 0.05) is 28.9 Å². The van der Waals surface area contributed by atoms with Crippen LogP contribution in [-0.4, -0.2) is 22.9 Å². The highest BCUT2D eigenvalue weighted by Gasteiger charge is 2.18. The minimum atomic E-state index is -0.517. The van der Waals surface area contributed by atoms with Crippen LogP contribution in [0.3, 0.4) is 0 Å². The Morgan fingerprint density at radius 3 is 2.58 bits per heavy atom. The second-order valence-corrected chi connectivity index (χ2v) is 6.57. The highest BCUT2D eigenvalue weighted by atomic mass is 16.6. The lowest BCUT2D eigenvalue weighted by molar-refractivity contribution is -0.384. The van der Waals surface area contributed by atoms with E-state index in [4.69, 9.17) is 9.15 Å². The fourth-order valence-electron chi connectivity index (χ4n) is 3.05. The van der Waals surface area contributed by atoms with Gasteiger partial charge in [0.1, 0.15) is 5.75 Å². The zero-order valence-electron chi connectivity index (χ0n) is 16.4. The number of anilines is 1. The van der Waals surface area contributed by atoms with E-state index in [1.165, 1.54) is 18.2 Å². The minimum Gasteiger partial charge on any atom is -0.497 e. The number of hydrogen-bond donors (Lipinski definition) is 1. The van der Waals surface area contributed by atoms with Gasteiger partial charge in [-0.05, 0) is 42.5 Å². The Labute approximate surface area is 177 Å². The molecule has 0 radical (unpaired) electrons. The number of methoxy groups -OCH3 is 1. The number of nitro groups is 1. The van der Waals surface area contributed by atoms with Crippen molar-refractivity contribution in [1.29, 1.82) is 0 Å². The molecule has 4 rings (SSSR count). The normalized spacial score (nSPS) is 10.5. The third-order valence-electron chi connectivity index (χ3n) is 4.60. The summed E-state index contributed by atoms with van der Waals surface area (Å²) >= 11 is 0. The molecule has 1 amide bonds. The molecule has 0 fully saturated rings. The molecule has 0 aliphatic rings. The van der Waals surface area contributed by atoms with Gasteiger partial charge >= 0.3 is 0 Å². The summed E-state index contributed by atoms with van der Waals surface area (Å²) in [4.78, 5) is 27.6. The average Bonchev–Trinajstić information content (AvgIpc) is 3.29. The first-order valence-electron chi connectivity index (χ1n) is 9.30. The topological polar surface area (TPSA) is 108 Å². The molecule has 1 aromatic heterocycles. The molecule has 0 spiro atoms. The molecule has 4 aromatic rings. The van der Waals surface area contributed by atoms with Gasteiger partial charge in [-0.1, -0.05) is 18.2 Å². The molecule has 3 aromatic carbocycles. The number of carbonyl (C=O) groups is 1. The predicted octanol–water partition coefficient (Wildman–Crippen LogP) is 5.18. The third kappa shape index (κ3) is 4.27. The molecule has 0 unspecified atom stereocenters. The first-order chi connectivity index (χ1) is 15.0. The Balaban J connectivity index is 1.61. The van der Waals surface area contributed by atoms with Crippen LogP contribution in [0.5, 0.6) is 5.75 Å². The van der Waals surface area contributed by atoms with Gasteiger partial charge in [-0.15, -0.1) is 0 Å².